The zero-order chi connectivity index (χ0) is 6.69. The number of anilines is 1. The number of hydrogen-bond acceptors (Lipinski definition) is 3. The van der Waals surface area contributed by atoms with Crippen molar-refractivity contribution < 1.29 is 0 Å². The molecule has 2 nitrogen and oxygen atoms in total. The van der Waals surface area contributed by atoms with Crippen LogP contribution in [0.1, 0.15) is 0 Å². The van der Waals surface area contributed by atoms with Gasteiger partial charge in [0.15, 0.2) is 0 Å². The molecule has 0 spiro atoms. The van der Waals surface area contributed by atoms with Gasteiger partial charge in [-0.15, -0.1) is 36.6 Å². The summed E-state index contributed by atoms with van der Waals surface area (Å²) in [6.45, 7) is 0. The minimum Gasteiger partial charge on any atom is -0.397 e. The van der Waals surface area contributed by atoms with Crippen LogP contribution in [0.3, 0.4) is 0 Å². The summed E-state index contributed by atoms with van der Waals surface area (Å²) in [5, 5.41) is 0. The monoisotopic (exact) mass is 212 g/mol. The third-order valence-electron chi connectivity index (χ3n) is 0.970. The van der Waals surface area contributed by atoms with E-state index in [1.165, 1.54) is 0 Å². The lowest BCUT2D eigenvalue weighted by Crippen LogP contribution is -1.85. The molecule has 1 aromatic rings. The lowest BCUT2D eigenvalue weighted by molar-refractivity contribution is 1.24. The summed E-state index contributed by atoms with van der Waals surface area (Å²) in [5.41, 5.74) is 6.18. The first kappa shape index (κ1) is 13.5. The molecule has 0 saturated carbocycles. The topological polar surface area (TPSA) is 38.9 Å². The fraction of sp³-hybridized carbons (Fsp3) is 0.167. The third kappa shape index (κ3) is 4.35. The van der Waals surface area contributed by atoms with Gasteiger partial charge in [-0.05, 0) is 12.3 Å². The van der Waals surface area contributed by atoms with Crippen molar-refractivity contribution in [1.82, 2.24) is 4.98 Å². The van der Waals surface area contributed by atoms with Crippen molar-refractivity contribution in [3.8, 4) is 0 Å². The molecule has 5 heteroatoms. The highest BCUT2D eigenvalue weighted by molar-refractivity contribution is 7.98. The maximum absolute atomic E-state index is 5.46. The largest absolute Gasteiger partial charge is 0.397 e. The summed E-state index contributed by atoms with van der Waals surface area (Å²) in [5.74, 6) is 0. The lowest BCUT2D eigenvalue weighted by atomic mass is 10.4. The van der Waals surface area contributed by atoms with Gasteiger partial charge in [0.1, 0.15) is 0 Å². The highest BCUT2D eigenvalue weighted by atomic mass is 35.5. The molecule has 0 aromatic carbocycles. The van der Waals surface area contributed by atoms with Crippen molar-refractivity contribution in [2.45, 2.75) is 4.90 Å². The third-order valence-corrected chi connectivity index (χ3v) is 1.66. The Balaban J connectivity index is 0. The van der Waals surface area contributed by atoms with Crippen molar-refractivity contribution in [3.63, 3.8) is 0 Å². The van der Waals surface area contributed by atoms with Gasteiger partial charge >= 0.3 is 0 Å². The Morgan fingerprint density at radius 2 is 2.00 bits per heavy atom. The predicted octanol–water partition coefficient (Wildman–Crippen LogP) is 2.23. The summed E-state index contributed by atoms with van der Waals surface area (Å²) in [7, 11) is 0. The highest BCUT2D eigenvalue weighted by Crippen LogP contribution is 2.14. The molecule has 1 rings (SSSR count). The SMILES string of the molecule is CSc1cncc(N)c1.Cl.Cl. The smallest absolute Gasteiger partial charge is 0.0511 e. The Bertz CT molecular complexity index is 208. The minimum absolute atomic E-state index is 0. The maximum atomic E-state index is 5.46. The standard InChI is InChI=1S/C6H8N2S.2ClH/c1-9-6-2-5(7)3-8-4-6;;/h2-4H,7H2,1H3;2*1H. The van der Waals surface area contributed by atoms with Crippen LogP contribution in [-0.2, 0) is 0 Å². The van der Waals surface area contributed by atoms with Gasteiger partial charge in [0.2, 0.25) is 0 Å². The van der Waals surface area contributed by atoms with E-state index in [-0.39, 0.29) is 24.8 Å². The second-order valence-electron chi connectivity index (χ2n) is 1.66. The second kappa shape index (κ2) is 6.58. The molecule has 0 fully saturated rings. The van der Waals surface area contributed by atoms with Crippen molar-refractivity contribution in [2.24, 2.45) is 0 Å². The first-order chi connectivity index (χ1) is 4.33. The molecule has 0 saturated heterocycles. The van der Waals surface area contributed by atoms with Gasteiger partial charge in [0, 0.05) is 17.3 Å². The molecule has 0 unspecified atom stereocenters. The van der Waals surface area contributed by atoms with E-state index in [1.807, 2.05) is 12.3 Å². The molecule has 0 aliphatic heterocycles. The quantitative estimate of drug-likeness (QED) is 0.727. The van der Waals surface area contributed by atoms with E-state index in [4.69, 9.17) is 5.73 Å². The van der Waals surface area contributed by atoms with Crippen LogP contribution in [0.25, 0.3) is 0 Å². The summed E-state index contributed by atoms with van der Waals surface area (Å²) < 4.78 is 0. The number of thioether (sulfide) groups is 1. The fourth-order valence-corrected chi connectivity index (χ4v) is 0.967. The second-order valence-corrected chi connectivity index (χ2v) is 2.54. The molecule has 0 radical (unpaired) electrons. The number of nitrogen functional groups attached to an aromatic ring is 1. The number of nitrogens with zero attached hydrogens (tertiary/aromatic N) is 1. The van der Waals surface area contributed by atoms with Gasteiger partial charge in [-0.2, -0.15) is 0 Å². The summed E-state index contributed by atoms with van der Waals surface area (Å²) in [6.07, 6.45) is 5.43. The van der Waals surface area contributed by atoms with Crippen molar-refractivity contribution in [3.05, 3.63) is 18.5 Å². The van der Waals surface area contributed by atoms with Crippen molar-refractivity contribution in [1.29, 1.82) is 0 Å². The first-order valence-corrected chi connectivity index (χ1v) is 3.80. The van der Waals surface area contributed by atoms with E-state index in [0.29, 0.717) is 0 Å². The molecule has 1 aromatic heterocycles. The van der Waals surface area contributed by atoms with E-state index < -0.39 is 0 Å². The van der Waals surface area contributed by atoms with Gasteiger partial charge in [0.25, 0.3) is 0 Å². The predicted molar refractivity (Wildman–Crippen MR) is 54.9 cm³/mol. The molecule has 1 heterocycles. The van der Waals surface area contributed by atoms with E-state index >= 15 is 0 Å². The van der Waals surface area contributed by atoms with Gasteiger partial charge in [-0.3, -0.25) is 4.98 Å². The molecule has 0 atom stereocenters. The number of hydrogen-bond donors (Lipinski definition) is 1. The Labute approximate surface area is 82.8 Å². The van der Waals surface area contributed by atoms with Gasteiger partial charge in [0.05, 0.1) is 5.69 Å². The van der Waals surface area contributed by atoms with E-state index in [0.717, 1.165) is 10.6 Å². The normalized spacial score (nSPS) is 7.73. The maximum Gasteiger partial charge on any atom is 0.0511 e. The van der Waals surface area contributed by atoms with Crippen LogP contribution in [0.15, 0.2) is 23.4 Å². The molecule has 2 N–H and O–H groups in total. The molecule has 0 aliphatic carbocycles. The summed E-state index contributed by atoms with van der Waals surface area (Å²) in [6, 6.07) is 1.90. The average molecular weight is 213 g/mol. The number of aromatic nitrogens is 1. The zero-order valence-corrected chi connectivity index (χ0v) is 8.43. The van der Waals surface area contributed by atoms with Crippen LogP contribution in [0.5, 0.6) is 0 Å². The molecule has 11 heavy (non-hydrogen) atoms. The Morgan fingerprint density at radius 3 is 2.36 bits per heavy atom. The van der Waals surface area contributed by atoms with Crippen LogP contribution in [-0.4, -0.2) is 11.2 Å². The fourth-order valence-electron chi connectivity index (χ4n) is 0.547. The van der Waals surface area contributed by atoms with E-state index in [1.54, 1.807) is 24.2 Å². The summed E-state index contributed by atoms with van der Waals surface area (Å²) in [4.78, 5) is 5.02. The Morgan fingerprint density at radius 1 is 1.36 bits per heavy atom. The molecular formula is C6H10Cl2N2S. The van der Waals surface area contributed by atoms with Crippen molar-refractivity contribution >= 4 is 42.3 Å². The van der Waals surface area contributed by atoms with Crippen molar-refractivity contribution in [2.75, 3.05) is 12.0 Å². The molecule has 64 valence electrons. The lowest BCUT2D eigenvalue weighted by Gasteiger charge is -1.94. The summed E-state index contributed by atoms with van der Waals surface area (Å²) >= 11 is 1.64. The van der Waals surface area contributed by atoms with Crippen LogP contribution < -0.4 is 5.73 Å². The van der Waals surface area contributed by atoms with Crippen LogP contribution in [0, 0.1) is 0 Å². The van der Waals surface area contributed by atoms with Gasteiger partial charge in [-0.25, -0.2) is 0 Å². The number of nitrogens with two attached hydrogens (primary N) is 1. The van der Waals surface area contributed by atoms with E-state index in [2.05, 4.69) is 4.98 Å². The molecule has 0 aliphatic rings. The molecule has 0 amide bonds. The number of pyridine rings is 1. The Kier molecular flexibility index (Phi) is 8.06. The van der Waals surface area contributed by atoms with Crippen LogP contribution >= 0.6 is 36.6 Å². The Hall–Kier alpha value is -0.120. The number of halogens is 2. The van der Waals surface area contributed by atoms with Crippen LogP contribution in [0.4, 0.5) is 5.69 Å². The molecule has 0 bridgehead atoms. The van der Waals surface area contributed by atoms with E-state index in [9.17, 15) is 0 Å². The van der Waals surface area contributed by atoms with Gasteiger partial charge < -0.3 is 5.73 Å². The minimum atomic E-state index is 0. The number of rotatable bonds is 1. The first-order valence-electron chi connectivity index (χ1n) is 2.57. The van der Waals surface area contributed by atoms with Gasteiger partial charge in [-0.1, -0.05) is 0 Å². The average Bonchev–Trinajstić information content (AvgIpc) is 1.88. The molecular weight excluding hydrogens is 203 g/mol. The highest BCUT2D eigenvalue weighted by Gasteiger charge is 1.88. The zero-order valence-electron chi connectivity index (χ0n) is 5.98. The van der Waals surface area contributed by atoms with Crippen LogP contribution in [0.2, 0.25) is 0 Å².